The largest absolute Gasteiger partial charge is 0.493 e. The van der Waals surface area contributed by atoms with E-state index in [-0.39, 0.29) is 11.3 Å². The molecule has 0 saturated carbocycles. The molecule has 0 bridgehead atoms. The van der Waals surface area contributed by atoms with Crippen molar-refractivity contribution in [3.63, 3.8) is 0 Å². The topological polar surface area (TPSA) is 51.3 Å². The molecular weight excluding hydrogens is 521 g/mol. The summed E-state index contributed by atoms with van der Waals surface area (Å²) >= 11 is 0. The molecule has 0 amide bonds. The van der Waals surface area contributed by atoms with Gasteiger partial charge < -0.3 is 14.5 Å². The van der Waals surface area contributed by atoms with Crippen molar-refractivity contribution in [1.29, 1.82) is 0 Å². The SMILES string of the molecule is COc1c([C@H]2[C@H](c3cc(=O)c4c(C(F)(F)F)c(F)ccc4[nH]3)O[C@@](C)(C(F)(F)F)[C@H]2C)ccc(F)c1F. The summed E-state index contributed by atoms with van der Waals surface area (Å²) in [7, 11) is 0.977. The van der Waals surface area contributed by atoms with Crippen LogP contribution in [-0.4, -0.2) is 23.9 Å². The fourth-order valence-electron chi connectivity index (χ4n) is 4.85. The van der Waals surface area contributed by atoms with Crippen LogP contribution in [0.25, 0.3) is 10.9 Å². The number of H-pyrrole nitrogens is 1. The molecule has 0 spiro atoms. The number of methoxy groups -OCH3 is 1. The Bertz CT molecular complexity index is 1430. The second-order valence-electron chi connectivity index (χ2n) is 8.87. The quantitative estimate of drug-likeness (QED) is 0.373. The maximum Gasteiger partial charge on any atom is 0.420 e. The summed E-state index contributed by atoms with van der Waals surface area (Å²) in [6, 6.07) is 3.56. The molecular formula is C24H18F9NO3. The van der Waals surface area contributed by atoms with Gasteiger partial charge in [0.2, 0.25) is 5.82 Å². The van der Waals surface area contributed by atoms with Crippen molar-refractivity contribution in [2.45, 2.75) is 43.8 Å². The van der Waals surface area contributed by atoms with Crippen LogP contribution in [0.3, 0.4) is 0 Å². The zero-order valence-corrected chi connectivity index (χ0v) is 19.2. The molecule has 1 fully saturated rings. The summed E-state index contributed by atoms with van der Waals surface area (Å²) in [4.78, 5) is 15.2. The minimum Gasteiger partial charge on any atom is -0.493 e. The van der Waals surface area contributed by atoms with E-state index in [9.17, 15) is 44.3 Å². The second-order valence-corrected chi connectivity index (χ2v) is 8.87. The Morgan fingerprint density at radius 2 is 1.62 bits per heavy atom. The molecule has 1 aliphatic rings. The molecule has 1 N–H and O–H groups in total. The zero-order valence-electron chi connectivity index (χ0n) is 19.2. The van der Waals surface area contributed by atoms with E-state index in [2.05, 4.69) is 4.98 Å². The maximum absolute atomic E-state index is 14.5. The number of pyridine rings is 1. The lowest BCUT2D eigenvalue weighted by atomic mass is 9.76. The Morgan fingerprint density at radius 3 is 2.19 bits per heavy atom. The fourth-order valence-corrected chi connectivity index (χ4v) is 4.85. The highest BCUT2D eigenvalue weighted by Crippen LogP contribution is 2.59. The lowest BCUT2D eigenvalue weighted by Gasteiger charge is -2.32. The van der Waals surface area contributed by atoms with Crippen LogP contribution >= 0.6 is 0 Å². The van der Waals surface area contributed by atoms with Gasteiger partial charge >= 0.3 is 12.4 Å². The third kappa shape index (κ3) is 4.12. The molecule has 13 heteroatoms. The number of fused-ring (bicyclic) bond motifs is 1. The number of hydrogen-bond donors (Lipinski definition) is 1. The van der Waals surface area contributed by atoms with Crippen molar-refractivity contribution in [2.24, 2.45) is 5.92 Å². The molecule has 4 nitrogen and oxygen atoms in total. The van der Waals surface area contributed by atoms with Gasteiger partial charge in [-0.05, 0) is 25.1 Å². The van der Waals surface area contributed by atoms with Crippen molar-refractivity contribution >= 4 is 10.9 Å². The van der Waals surface area contributed by atoms with Crippen molar-refractivity contribution in [3.8, 4) is 5.75 Å². The summed E-state index contributed by atoms with van der Waals surface area (Å²) in [5, 5.41) is -1.05. The number of rotatable bonds is 3. The van der Waals surface area contributed by atoms with E-state index in [4.69, 9.17) is 9.47 Å². The van der Waals surface area contributed by atoms with Crippen molar-refractivity contribution in [2.75, 3.05) is 7.11 Å². The van der Waals surface area contributed by atoms with Gasteiger partial charge in [0.15, 0.2) is 22.6 Å². The second kappa shape index (κ2) is 8.67. The molecule has 200 valence electrons. The first-order chi connectivity index (χ1) is 17.0. The van der Waals surface area contributed by atoms with E-state index in [0.717, 1.165) is 33.1 Å². The molecule has 1 saturated heterocycles. The molecule has 4 atom stereocenters. The van der Waals surface area contributed by atoms with Gasteiger partial charge in [-0.15, -0.1) is 0 Å². The Balaban J connectivity index is 1.99. The van der Waals surface area contributed by atoms with Crippen LogP contribution in [-0.2, 0) is 10.9 Å². The molecule has 4 rings (SSSR count). The smallest absolute Gasteiger partial charge is 0.420 e. The molecule has 1 aliphatic heterocycles. The van der Waals surface area contributed by atoms with Crippen molar-refractivity contribution in [3.05, 3.63) is 74.8 Å². The van der Waals surface area contributed by atoms with Crippen LogP contribution in [0.2, 0.25) is 0 Å². The number of hydrogen-bond acceptors (Lipinski definition) is 3. The zero-order chi connectivity index (χ0) is 27.7. The number of aromatic nitrogens is 1. The summed E-state index contributed by atoms with van der Waals surface area (Å²) < 4.78 is 135. The van der Waals surface area contributed by atoms with Crippen LogP contribution < -0.4 is 10.2 Å². The molecule has 2 heterocycles. The summed E-state index contributed by atoms with van der Waals surface area (Å²) in [6.45, 7) is 1.88. The van der Waals surface area contributed by atoms with Crippen LogP contribution in [0.4, 0.5) is 39.5 Å². The first-order valence-corrected chi connectivity index (χ1v) is 10.7. The number of ether oxygens (including phenoxy) is 2. The van der Waals surface area contributed by atoms with E-state index in [1.807, 2.05) is 0 Å². The van der Waals surface area contributed by atoms with Gasteiger partial charge in [-0.2, -0.15) is 30.7 Å². The molecule has 3 aromatic rings. The van der Waals surface area contributed by atoms with E-state index in [1.165, 1.54) is 0 Å². The third-order valence-electron chi connectivity index (χ3n) is 6.87. The maximum atomic E-state index is 14.5. The van der Waals surface area contributed by atoms with Crippen LogP contribution in [0.5, 0.6) is 5.75 Å². The lowest BCUT2D eigenvalue weighted by Crippen LogP contribution is -2.46. The average Bonchev–Trinajstić information content (AvgIpc) is 3.06. The molecule has 37 heavy (non-hydrogen) atoms. The van der Waals surface area contributed by atoms with Gasteiger partial charge in [0.25, 0.3) is 0 Å². The molecule has 0 aliphatic carbocycles. The molecule has 2 aromatic carbocycles. The number of benzene rings is 2. The van der Waals surface area contributed by atoms with E-state index >= 15 is 0 Å². The summed E-state index contributed by atoms with van der Waals surface area (Å²) in [6.07, 6.45) is -11.9. The van der Waals surface area contributed by atoms with Crippen LogP contribution in [0.1, 0.15) is 42.7 Å². The summed E-state index contributed by atoms with van der Waals surface area (Å²) in [5.41, 5.74) is -7.15. The van der Waals surface area contributed by atoms with E-state index in [0.29, 0.717) is 18.2 Å². The third-order valence-corrected chi connectivity index (χ3v) is 6.87. The van der Waals surface area contributed by atoms with Gasteiger partial charge in [0.1, 0.15) is 17.5 Å². The number of alkyl halides is 6. The number of aromatic amines is 1. The molecule has 0 radical (unpaired) electrons. The normalized spacial score (nSPS) is 24.6. The first kappa shape index (κ1) is 26.8. The highest BCUT2D eigenvalue weighted by Gasteiger charge is 2.65. The van der Waals surface area contributed by atoms with Crippen molar-refractivity contribution < 1.29 is 49.0 Å². The lowest BCUT2D eigenvalue weighted by molar-refractivity contribution is -0.275. The fraction of sp³-hybridized carbons (Fsp3) is 0.375. The Hall–Kier alpha value is -3.22. The monoisotopic (exact) mass is 539 g/mol. The highest BCUT2D eigenvalue weighted by atomic mass is 19.4. The Kier molecular flexibility index (Phi) is 6.29. The Morgan fingerprint density at radius 1 is 1.00 bits per heavy atom. The molecule has 0 unspecified atom stereocenters. The number of halogens is 9. The highest BCUT2D eigenvalue weighted by molar-refractivity contribution is 5.83. The van der Waals surface area contributed by atoms with Crippen LogP contribution in [0.15, 0.2) is 35.1 Å². The van der Waals surface area contributed by atoms with Gasteiger partial charge in [0, 0.05) is 29.2 Å². The van der Waals surface area contributed by atoms with Gasteiger partial charge in [-0.1, -0.05) is 13.0 Å². The predicted molar refractivity (Wildman–Crippen MR) is 113 cm³/mol. The minimum atomic E-state index is -5.24. The molecule has 1 aromatic heterocycles. The van der Waals surface area contributed by atoms with Gasteiger partial charge in [-0.25, -0.2) is 8.78 Å². The van der Waals surface area contributed by atoms with E-state index in [1.54, 1.807) is 0 Å². The van der Waals surface area contributed by atoms with Crippen LogP contribution in [0, 0.1) is 23.4 Å². The van der Waals surface area contributed by atoms with Gasteiger partial charge in [0.05, 0.1) is 18.0 Å². The average molecular weight is 539 g/mol. The van der Waals surface area contributed by atoms with Gasteiger partial charge in [-0.3, -0.25) is 4.79 Å². The van der Waals surface area contributed by atoms with E-state index < -0.39 is 81.0 Å². The standard InChI is InChI=1S/C24H18F9NO3/c1-9-16(10-4-5-12(26)19(27)20(10)36-3)21(37-22(9,2)24(31,32)33)14-8-15(35)17-13(34-14)7-6-11(25)18(17)23(28,29)30/h4-9,16,21H,1-3H3,(H,34,35)/t9-,16-,21-,22+/m0/s1. The minimum absolute atomic E-state index is 0.220. The first-order valence-electron chi connectivity index (χ1n) is 10.7. The predicted octanol–water partition coefficient (Wildman–Crippen LogP) is 6.79. The summed E-state index contributed by atoms with van der Waals surface area (Å²) in [5.74, 6) is -8.09. The van der Waals surface area contributed by atoms with Crippen molar-refractivity contribution in [1.82, 2.24) is 4.98 Å². The Labute approximate surface area is 203 Å². The number of nitrogens with one attached hydrogen (secondary N) is 1.